The van der Waals surface area contributed by atoms with Gasteiger partial charge < -0.3 is 10.2 Å². The SMILES string of the molecule is CC(C)C1CCCN1C(=O)C1CCCN1. The Bertz CT molecular complexity index is 234. The number of amides is 1. The van der Waals surface area contributed by atoms with E-state index in [2.05, 4.69) is 24.1 Å². The topological polar surface area (TPSA) is 32.3 Å². The zero-order chi connectivity index (χ0) is 10.8. The Kier molecular flexibility index (Phi) is 3.29. The van der Waals surface area contributed by atoms with Crippen LogP contribution < -0.4 is 5.32 Å². The summed E-state index contributed by atoms with van der Waals surface area (Å²) in [4.78, 5) is 14.3. The second-order valence-corrected chi connectivity index (χ2v) is 5.13. The lowest BCUT2D eigenvalue weighted by Crippen LogP contribution is -2.47. The summed E-state index contributed by atoms with van der Waals surface area (Å²) in [5.74, 6) is 0.946. The van der Waals surface area contributed by atoms with Gasteiger partial charge in [-0.05, 0) is 38.1 Å². The Morgan fingerprint density at radius 2 is 2.13 bits per heavy atom. The van der Waals surface area contributed by atoms with Crippen molar-refractivity contribution >= 4 is 5.91 Å². The zero-order valence-corrected chi connectivity index (χ0v) is 9.83. The van der Waals surface area contributed by atoms with Crippen LogP contribution in [0.5, 0.6) is 0 Å². The van der Waals surface area contributed by atoms with Crippen LogP contribution >= 0.6 is 0 Å². The Morgan fingerprint density at radius 1 is 1.33 bits per heavy atom. The molecule has 2 saturated heterocycles. The molecule has 1 N–H and O–H groups in total. The Morgan fingerprint density at radius 3 is 2.73 bits per heavy atom. The Balaban J connectivity index is 1.99. The minimum absolute atomic E-state index is 0.115. The number of nitrogens with zero attached hydrogens (tertiary/aromatic N) is 1. The maximum absolute atomic E-state index is 12.2. The van der Waals surface area contributed by atoms with E-state index in [0.717, 1.165) is 25.9 Å². The van der Waals surface area contributed by atoms with Crippen molar-refractivity contribution in [2.75, 3.05) is 13.1 Å². The molecule has 2 heterocycles. The zero-order valence-electron chi connectivity index (χ0n) is 9.83. The van der Waals surface area contributed by atoms with Gasteiger partial charge in [-0.15, -0.1) is 0 Å². The molecule has 0 spiro atoms. The average Bonchev–Trinajstić information content (AvgIpc) is 2.88. The van der Waals surface area contributed by atoms with Crippen molar-refractivity contribution in [3.63, 3.8) is 0 Å². The first-order valence-corrected chi connectivity index (χ1v) is 6.24. The van der Waals surface area contributed by atoms with Crippen LogP contribution in [0.4, 0.5) is 0 Å². The van der Waals surface area contributed by atoms with Crippen LogP contribution in [0.3, 0.4) is 0 Å². The quantitative estimate of drug-likeness (QED) is 0.747. The molecular formula is C12H22N2O. The number of likely N-dealkylation sites (tertiary alicyclic amines) is 1. The minimum Gasteiger partial charge on any atom is -0.338 e. The molecule has 86 valence electrons. The highest BCUT2D eigenvalue weighted by atomic mass is 16.2. The summed E-state index contributed by atoms with van der Waals surface area (Å²) < 4.78 is 0. The molecule has 0 aromatic rings. The second-order valence-electron chi connectivity index (χ2n) is 5.13. The fourth-order valence-electron chi connectivity index (χ4n) is 2.85. The third-order valence-electron chi connectivity index (χ3n) is 3.71. The van der Waals surface area contributed by atoms with Crippen LogP contribution in [0, 0.1) is 5.92 Å². The predicted octanol–water partition coefficient (Wildman–Crippen LogP) is 1.39. The first-order chi connectivity index (χ1) is 7.20. The molecule has 2 atom stereocenters. The summed E-state index contributed by atoms with van der Waals surface area (Å²) in [5, 5.41) is 3.30. The Labute approximate surface area is 92.2 Å². The molecule has 2 aliphatic heterocycles. The van der Waals surface area contributed by atoms with Gasteiger partial charge in [0.1, 0.15) is 0 Å². The molecule has 1 amide bonds. The van der Waals surface area contributed by atoms with E-state index in [1.54, 1.807) is 0 Å². The molecule has 0 saturated carbocycles. The summed E-state index contributed by atoms with van der Waals surface area (Å²) in [5.41, 5.74) is 0. The van der Waals surface area contributed by atoms with Crippen LogP contribution in [0.2, 0.25) is 0 Å². The van der Waals surface area contributed by atoms with Gasteiger partial charge in [0.25, 0.3) is 0 Å². The van der Waals surface area contributed by atoms with Crippen LogP contribution in [-0.4, -0.2) is 36.0 Å². The summed E-state index contributed by atoms with van der Waals surface area (Å²) in [7, 11) is 0. The van der Waals surface area contributed by atoms with Crippen molar-refractivity contribution in [1.82, 2.24) is 10.2 Å². The van der Waals surface area contributed by atoms with Crippen LogP contribution in [0.15, 0.2) is 0 Å². The Hall–Kier alpha value is -0.570. The van der Waals surface area contributed by atoms with Gasteiger partial charge >= 0.3 is 0 Å². The average molecular weight is 210 g/mol. The molecule has 3 nitrogen and oxygen atoms in total. The first-order valence-electron chi connectivity index (χ1n) is 6.24. The molecule has 0 aliphatic carbocycles. The van der Waals surface area contributed by atoms with Gasteiger partial charge in [0.05, 0.1) is 6.04 Å². The normalized spacial score (nSPS) is 31.5. The molecule has 2 rings (SSSR count). The molecule has 15 heavy (non-hydrogen) atoms. The smallest absolute Gasteiger partial charge is 0.239 e. The summed E-state index contributed by atoms with van der Waals surface area (Å²) >= 11 is 0. The van der Waals surface area contributed by atoms with Gasteiger partial charge in [-0.25, -0.2) is 0 Å². The molecule has 3 heteroatoms. The predicted molar refractivity (Wildman–Crippen MR) is 60.6 cm³/mol. The van der Waals surface area contributed by atoms with Gasteiger partial charge in [0, 0.05) is 12.6 Å². The van der Waals surface area contributed by atoms with Gasteiger partial charge in [0.15, 0.2) is 0 Å². The highest BCUT2D eigenvalue weighted by Gasteiger charge is 2.35. The van der Waals surface area contributed by atoms with Gasteiger partial charge in [-0.3, -0.25) is 4.79 Å². The molecule has 0 radical (unpaired) electrons. The van der Waals surface area contributed by atoms with Gasteiger partial charge in [0.2, 0.25) is 5.91 Å². The van der Waals surface area contributed by atoms with E-state index >= 15 is 0 Å². The number of carbonyl (C=O) groups is 1. The maximum atomic E-state index is 12.2. The van der Waals surface area contributed by atoms with Crippen LogP contribution in [0.1, 0.15) is 39.5 Å². The monoisotopic (exact) mass is 210 g/mol. The number of carbonyl (C=O) groups excluding carboxylic acids is 1. The van der Waals surface area contributed by atoms with Gasteiger partial charge in [-0.1, -0.05) is 13.8 Å². The van der Waals surface area contributed by atoms with Crippen molar-refractivity contribution in [2.45, 2.75) is 51.6 Å². The van der Waals surface area contributed by atoms with E-state index in [4.69, 9.17) is 0 Å². The van der Waals surface area contributed by atoms with E-state index in [-0.39, 0.29) is 6.04 Å². The summed E-state index contributed by atoms with van der Waals surface area (Å²) in [6.07, 6.45) is 4.55. The third-order valence-corrected chi connectivity index (χ3v) is 3.71. The number of hydrogen-bond donors (Lipinski definition) is 1. The number of hydrogen-bond acceptors (Lipinski definition) is 2. The molecule has 2 aliphatic rings. The van der Waals surface area contributed by atoms with E-state index in [1.165, 1.54) is 12.8 Å². The number of rotatable bonds is 2. The van der Waals surface area contributed by atoms with Crippen LogP contribution in [0.25, 0.3) is 0 Å². The van der Waals surface area contributed by atoms with E-state index in [1.807, 2.05) is 0 Å². The highest BCUT2D eigenvalue weighted by molar-refractivity contribution is 5.82. The molecule has 2 fully saturated rings. The van der Waals surface area contributed by atoms with Gasteiger partial charge in [-0.2, -0.15) is 0 Å². The lowest BCUT2D eigenvalue weighted by Gasteiger charge is -2.30. The van der Waals surface area contributed by atoms with E-state index in [9.17, 15) is 4.79 Å². The van der Waals surface area contributed by atoms with Crippen molar-refractivity contribution in [1.29, 1.82) is 0 Å². The summed E-state index contributed by atoms with van der Waals surface area (Å²) in [6, 6.07) is 0.601. The molecule has 0 bridgehead atoms. The molecule has 0 aromatic heterocycles. The van der Waals surface area contributed by atoms with Crippen molar-refractivity contribution in [3.8, 4) is 0 Å². The standard InChI is InChI=1S/C12H22N2O/c1-9(2)11-6-4-8-14(11)12(15)10-5-3-7-13-10/h9-11,13H,3-8H2,1-2H3. The fraction of sp³-hybridized carbons (Fsp3) is 0.917. The largest absolute Gasteiger partial charge is 0.338 e. The summed E-state index contributed by atoms with van der Waals surface area (Å²) in [6.45, 7) is 6.42. The fourth-order valence-corrected chi connectivity index (χ4v) is 2.85. The third kappa shape index (κ3) is 2.17. The maximum Gasteiger partial charge on any atom is 0.239 e. The second kappa shape index (κ2) is 4.52. The molecule has 0 aromatic carbocycles. The molecular weight excluding hydrogens is 188 g/mol. The van der Waals surface area contributed by atoms with Crippen molar-refractivity contribution < 1.29 is 4.79 Å². The minimum atomic E-state index is 0.115. The highest BCUT2D eigenvalue weighted by Crippen LogP contribution is 2.25. The van der Waals surface area contributed by atoms with E-state index < -0.39 is 0 Å². The molecule has 2 unspecified atom stereocenters. The van der Waals surface area contributed by atoms with Crippen molar-refractivity contribution in [2.24, 2.45) is 5.92 Å². The van der Waals surface area contributed by atoms with Crippen molar-refractivity contribution in [3.05, 3.63) is 0 Å². The number of nitrogens with one attached hydrogen (secondary N) is 1. The first kappa shape index (κ1) is 10.9. The lowest BCUT2D eigenvalue weighted by molar-refractivity contribution is -0.134. The van der Waals surface area contributed by atoms with Crippen LogP contribution in [-0.2, 0) is 4.79 Å². The van der Waals surface area contributed by atoms with E-state index in [0.29, 0.717) is 17.9 Å². The lowest BCUT2D eigenvalue weighted by atomic mass is 10.0.